The summed E-state index contributed by atoms with van der Waals surface area (Å²) in [5.74, 6) is 1.44. The summed E-state index contributed by atoms with van der Waals surface area (Å²) in [5, 5.41) is 0. The first-order valence-corrected chi connectivity index (χ1v) is 8.29. The molecule has 0 aromatic heterocycles. The molecule has 0 unspecified atom stereocenters. The zero-order chi connectivity index (χ0) is 16.1. The molecule has 0 amide bonds. The van der Waals surface area contributed by atoms with Gasteiger partial charge in [-0.1, -0.05) is 0 Å². The summed E-state index contributed by atoms with van der Waals surface area (Å²) in [4.78, 5) is 2.48. The van der Waals surface area contributed by atoms with Gasteiger partial charge in [0.25, 0.3) is 0 Å². The first-order valence-electron chi connectivity index (χ1n) is 8.29. The monoisotopic (exact) mass is 306 g/mol. The third-order valence-corrected chi connectivity index (χ3v) is 4.40. The molecule has 0 saturated carbocycles. The van der Waals surface area contributed by atoms with Gasteiger partial charge >= 0.3 is 0 Å². The van der Waals surface area contributed by atoms with E-state index in [4.69, 9.17) is 15.2 Å². The van der Waals surface area contributed by atoms with Gasteiger partial charge in [-0.3, -0.25) is 0 Å². The number of piperidine rings is 1. The number of likely N-dealkylation sites (tertiary alicyclic amines) is 1. The summed E-state index contributed by atoms with van der Waals surface area (Å²) in [6.45, 7) is 10.3. The molecule has 1 aliphatic rings. The Kier molecular flexibility index (Phi) is 6.09. The number of methoxy groups -OCH3 is 1. The van der Waals surface area contributed by atoms with Crippen LogP contribution in [0, 0.1) is 6.92 Å². The van der Waals surface area contributed by atoms with E-state index in [2.05, 4.69) is 24.0 Å². The molecule has 2 N–H and O–H groups in total. The van der Waals surface area contributed by atoms with E-state index < -0.39 is 0 Å². The Bertz CT molecular complexity index is 480. The molecule has 0 radical (unpaired) electrons. The van der Waals surface area contributed by atoms with Crippen molar-refractivity contribution in [3.8, 4) is 5.75 Å². The van der Waals surface area contributed by atoms with Gasteiger partial charge < -0.3 is 20.1 Å². The van der Waals surface area contributed by atoms with E-state index in [-0.39, 0.29) is 6.10 Å². The predicted molar refractivity (Wildman–Crippen MR) is 91.6 cm³/mol. The quantitative estimate of drug-likeness (QED) is 0.820. The zero-order valence-electron chi connectivity index (χ0n) is 14.4. The fraction of sp³-hybridized carbons (Fsp3) is 0.667. The van der Waals surface area contributed by atoms with Crippen LogP contribution < -0.4 is 10.5 Å². The third kappa shape index (κ3) is 4.37. The van der Waals surface area contributed by atoms with Gasteiger partial charge in [0.1, 0.15) is 5.75 Å². The van der Waals surface area contributed by atoms with Crippen molar-refractivity contribution in [3.05, 3.63) is 23.3 Å². The third-order valence-electron chi connectivity index (χ3n) is 4.40. The maximum atomic E-state index is 6.10. The molecule has 4 heteroatoms. The summed E-state index contributed by atoms with van der Waals surface area (Å²) in [6, 6.07) is 4.23. The van der Waals surface area contributed by atoms with E-state index in [0.717, 1.165) is 37.7 Å². The molecule has 0 spiro atoms. The van der Waals surface area contributed by atoms with Crippen LogP contribution in [0.3, 0.4) is 0 Å². The van der Waals surface area contributed by atoms with Crippen molar-refractivity contribution in [2.45, 2.75) is 45.6 Å². The van der Waals surface area contributed by atoms with Gasteiger partial charge in [0.2, 0.25) is 0 Å². The van der Waals surface area contributed by atoms with Gasteiger partial charge in [-0.25, -0.2) is 0 Å². The highest BCUT2D eigenvalue weighted by atomic mass is 16.5. The molecule has 0 aliphatic carbocycles. The Hall–Kier alpha value is -1.26. The van der Waals surface area contributed by atoms with Gasteiger partial charge in [0.15, 0.2) is 0 Å². The summed E-state index contributed by atoms with van der Waals surface area (Å²) < 4.78 is 11.0. The molecule has 1 saturated heterocycles. The lowest BCUT2D eigenvalue weighted by molar-refractivity contribution is 0.130. The fourth-order valence-corrected chi connectivity index (χ4v) is 3.21. The van der Waals surface area contributed by atoms with Crippen LogP contribution >= 0.6 is 0 Å². The smallest absolute Gasteiger partial charge is 0.142 e. The van der Waals surface area contributed by atoms with Crippen LogP contribution in [0.1, 0.15) is 43.7 Å². The summed E-state index contributed by atoms with van der Waals surface area (Å²) in [6.07, 6.45) is 2.53. The summed E-state index contributed by atoms with van der Waals surface area (Å²) in [5.41, 5.74) is 9.52. The molecule has 22 heavy (non-hydrogen) atoms. The molecule has 1 heterocycles. The van der Waals surface area contributed by atoms with Crippen LogP contribution in [0.15, 0.2) is 12.1 Å². The van der Waals surface area contributed by atoms with Gasteiger partial charge in [-0.05, 0) is 75.9 Å². The number of aryl methyl sites for hydroxylation is 1. The standard InChI is InChI=1S/C18H30N2O2/c1-13(2)22-18-12-16(14(3)11-17(18)19)15-5-7-20(8-6-15)9-10-21-4/h11-13,15H,5-10,19H2,1-4H3. The highest BCUT2D eigenvalue weighted by molar-refractivity contribution is 5.57. The largest absolute Gasteiger partial charge is 0.489 e. The number of rotatable bonds is 6. The average Bonchev–Trinajstić information content (AvgIpc) is 2.48. The second-order valence-electron chi connectivity index (χ2n) is 6.52. The number of nitrogens with two attached hydrogens (primary N) is 1. The van der Waals surface area contributed by atoms with Crippen LogP contribution in [0.5, 0.6) is 5.75 Å². The van der Waals surface area contributed by atoms with Crippen molar-refractivity contribution in [3.63, 3.8) is 0 Å². The maximum absolute atomic E-state index is 6.10. The van der Waals surface area contributed by atoms with E-state index in [1.165, 1.54) is 24.0 Å². The number of anilines is 1. The molecule has 0 atom stereocenters. The van der Waals surface area contributed by atoms with Crippen LogP contribution in [0.25, 0.3) is 0 Å². The second kappa shape index (κ2) is 7.84. The lowest BCUT2D eigenvalue weighted by atomic mass is 9.86. The van der Waals surface area contributed by atoms with Crippen molar-refractivity contribution in [2.24, 2.45) is 0 Å². The average molecular weight is 306 g/mol. The molecule has 1 aromatic carbocycles. The Labute approximate surface area is 134 Å². The van der Waals surface area contributed by atoms with Crippen molar-refractivity contribution in [1.82, 2.24) is 4.90 Å². The first kappa shape index (κ1) is 17.1. The number of hydrogen-bond donors (Lipinski definition) is 1. The highest BCUT2D eigenvalue weighted by Gasteiger charge is 2.22. The summed E-state index contributed by atoms with van der Waals surface area (Å²) in [7, 11) is 1.76. The molecule has 0 bridgehead atoms. The van der Waals surface area contributed by atoms with E-state index in [1.54, 1.807) is 7.11 Å². The molecule has 4 nitrogen and oxygen atoms in total. The number of hydrogen-bond acceptors (Lipinski definition) is 4. The topological polar surface area (TPSA) is 47.7 Å². The molecule has 124 valence electrons. The second-order valence-corrected chi connectivity index (χ2v) is 6.52. The van der Waals surface area contributed by atoms with Crippen LogP contribution in [-0.2, 0) is 4.74 Å². The summed E-state index contributed by atoms with van der Waals surface area (Å²) >= 11 is 0. The molecular weight excluding hydrogens is 276 g/mol. The van der Waals surface area contributed by atoms with Crippen molar-refractivity contribution in [2.75, 3.05) is 39.1 Å². The first-order chi connectivity index (χ1) is 10.5. The van der Waals surface area contributed by atoms with E-state index in [1.807, 2.05) is 13.8 Å². The van der Waals surface area contributed by atoms with Crippen molar-refractivity contribution >= 4 is 5.69 Å². The van der Waals surface area contributed by atoms with Gasteiger partial charge in [-0.15, -0.1) is 0 Å². The van der Waals surface area contributed by atoms with E-state index in [9.17, 15) is 0 Å². The van der Waals surface area contributed by atoms with Crippen LogP contribution in [-0.4, -0.2) is 44.4 Å². The number of nitrogens with zero attached hydrogens (tertiary/aromatic N) is 1. The number of benzene rings is 1. The minimum atomic E-state index is 0.147. The Morgan fingerprint density at radius 2 is 1.95 bits per heavy atom. The van der Waals surface area contributed by atoms with Gasteiger partial charge in [0.05, 0.1) is 18.4 Å². The minimum Gasteiger partial charge on any atom is -0.489 e. The Morgan fingerprint density at radius 3 is 2.55 bits per heavy atom. The predicted octanol–water partition coefficient (Wildman–Crippen LogP) is 3.19. The minimum absolute atomic E-state index is 0.147. The normalized spacial score (nSPS) is 17.1. The van der Waals surface area contributed by atoms with E-state index in [0.29, 0.717) is 5.92 Å². The van der Waals surface area contributed by atoms with E-state index >= 15 is 0 Å². The Morgan fingerprint density at radius 1 is 1.27 bits per heavy atom. The zero-order valence-corrected chi connectivity index (χ0v) is 14.4. The molecule has 1 fully saturated rings. The number of ether oxygens (including phenoxy) is 2. The van der Waals surface area contributed by atoms with Crippen molar-refractivity contribution < 1.29 is 9.47 Å². The maximum Gasteiger partial charge on any atom is 0.142 e. The fourth-order valence-electron chi connectivity index (χ4n) is 3.21. The molecule has 1 aromatic rings. The Balaban J connectivity index is 2.06. The van der Waals surface area contributed by atoms with Gasteiger partial charge in [-0.2, -0.15) is 0 Å². The SMILES string of the molecule is COCCN1CCC(c2cc(OC(C)C)c(N)cc2C)CC1. The number of nitrogen functional groups attached to an aromatic ring is 1. The van der Waals surface area contributed by atoms with Crippen LogP contribution in [0.2, 0.25) is 0 Å². The van der Waals surface area contributed by atoms with Crippen LogP contribution in [0.4, 0.5) is 5.69 Å². The molecule has 2 rings (SSSR count). The molecule has 1 aliphatic heterocycles. The van der Waals surface area contributed by atoms with Gasteiger partial charge in [0, 0.05) is 13.7 Å². The van der Waals surface area contributed by atoms with Crippen molar-refractivity contribution in [1.29, 1.82) is 0 Å². The molecular formula is C18H30N2O2. The highest BCUT2D eigenvalue weighted by Crippen LogP contribution is 2.35. The lowest BCUT2D eigenvalue weighted by Gasteiger charge is -2.33. The lowest BCUT2D eigenvalue weighted by Crippen LogP contribution is -2.35.